The zero-order chi connectivity index (χ0) is 21.3. The van der Waals surface area contributed by atoms with Crippen molar-refractivity contribution in [2.75, 3.05) is 13.7 Å². The highest BCUT2D eigenvalue weighted by Gasteiger charge is 2.28. The summed E-state index contributed by atoms with van der Waals surface area (Å²) < 4.78 is 10.8. The molecule has 30 heavy (non-hydrogen) atoms. The highest BCUT2D eigenvalue weighted by molar-refractivity contribution is 5.88. The number of carbonyl (C=O) groups excluding carboxylic acids is 2. The molecule has 0 radical (unpaired) electrons. The van der Waals surface area contributed by atoms with Crippen LogP contribution in [0.4, 0.5) is 0 Å². The number of methoxy groups -OCH3 is 1. The lowest BCUT2D eigenvalue weighted by Gasteiger charge is -2.29. The van der Waals surface area contributed by atoms with Crippen LogP contribution in [0.25, 0.3) is 0 Å². The van der Waals surface area contributed by atoms with Gasteiger partial charge in [-0.3, -0.25) is 9.59 Å². The number of nitrogens with one attached hydrogen (secondary N) is 1. The normalized spacial score (nSPS) is 14.7. The summed E-state index contributed by atoms with van der Waals surface area (Å²) in [4.78, 5) is 27.4. The molecule has 2 aromatic rings. The maximum atomic E-state index is 13.0. The molecule has 0 spiro atoms. The van der Waals surface area contributed by atoms with Crippen molar-refractivity contribution >= 4 is 11.8 Å². The molecule has 0 aliphatic heterocycles. The van der Waals surface area contributed by atoms with Gasteiger partial charge in [-0.15, -0.1) is 0 Å². The molecule has 1 atom stereocenters. The van der Waals surface area contributed by atoms with Crippen molar-refractivity contribution in [3.05, 3.63) is 60.2 Å². The van der Waals surface area contributed by atoms with Crippen molar-refractivity contribution in [3.8, 4) is 11.5 Å². The number of amides is 2. The summed E-state index contributed by atoms with van der Waals surface area (Å²) in [5.41, 5.74) is 0.968. The lowest BCUT2D eigenvalue weighted by atomic mass is 10.1. The van der Waals surface area contributed by atoms with Crippen molar-refractivity contribution in [1.82, 2.24) is 10.2 Å². The van der Waals surface area contributed by atoms with Crippen LogP contribution in [0.3, 0.4) is 0 Å². The molecule has 0 heterocycles. The second-order valence-corrected chi connectivity index (χ2v) is 7.64. The van der Waals surface area contributed by atoms with Crippen molar-refractivity contribution in [2.45, 2.75) is 51.2 Å². The quantitative estimate of drug-likeness (QED) is 0.687. The fourth-order valence-corrected chi connectivity index (χ4v) is 3.65. The molecule has 1 N–H and O–H groups in total. The first-order valence-corrected chi connectivity index (χ1v) is 10.5. The third kappa shape index (κ3) is 5.99. The van der Waals surface area contributed by atoms with Crippen LogP contribution in [0.2, 0.25) is 0 Å². The van der Waals surface area contributed by atoms with Gasteiger partial charge in [-0.25, -0.2) is 0 Å². The fraction of sp³-hybridized carbons (Fsp3) is 0.417. The van der Waals surface area contributed by atoms with E-state index in [2.05, 4.69) is 5.32 Å². The van der Waals surface area contributed by atoms with Crippen LogP contribution < -0.4 is 14.8 Å². The molecule has 0 bridgehead atoms. The van der Waals surface area contributed by atoms with Crippen molar-refractivity contribution in [3.63, 3.8) is 0 Å². The van der Waals surface area contributed by atoms with E-state index in [1.807, 2.05) is 30.3 Å². The summed E-state index contributed by atoms with van der Waals surface area (Å²) in [6.45, 7) is 1.99. The molecule has 1 aliphatic carbocycles. The first-order chi connectivity index (χ1) is 14.6. The lowest BCUT2D eigenvalue weighted by Crippen LogP contribution is -2.50. The Bertz CT molecular complexity index is 817. The average Bonchev–Trinajstić information content (AvgIpc) is 3.29. The minimum atomic E-state index is -0.585. The summed E-state index contributed by atoms with van der Waals surface area (Å²) in [5, 5.41) is 3.10. The number of rotatable bonds is 9. The van der Waals surface area contributed by atoms with Gasteiger partial charge < -0.3 is 19.7 Å². The summed E-state index contributed by atoms with van der Waals surface area (Å²) >= 11 is 0. The van der Waals surface area contributed by atoms with Crippen molar-refractivity contribution < 1.29 is 19.1 Å². The monoisotopic (exact) mass is 410 g/mol. The first kappa shape index (κ1) is 21.7. The molecule has 1 aliphatic rings. The zero-order valence-electron chi connectivity index (χ0n) is 17.7. The Labute approximate surface area is 178 Å². The van der Waals surface area contributed by atoms with Crippen LogP contribution in [0.15, 0.2) is 54.6 Å². The molecule has 3 rings (SSSR count). The van der Waals surface area contributed by atoms with Gasteiger partial charge in [-0.1, -0.05) is 43.2 Å². The zero-order valence-corrected chi connectivity index (χ0v) is 17.7. The van der Waals surface area contributed by atoms with Crippen LogP contribution in [0.5, 0.6) is 11.5 Å². The van der Waals surface area contributed by atoms with E-state index >= 15 is 0 Å². The molecule has 1 fully saturated rings. The van der Waals surface area contributed by atoms with Crippen LogP contribution >= 0.6 is 0 Å². The number of hydrogen-bond donors (Lipinski definition) is 1. The van der Waals surface area contributed by atoms with Crippen molar-refractivity contribution in [1.29, 1.82) is 0 Å². The van der Waals surface area contributed by atoms with E-state index in [4.69, 9.17) is 9.47 Å². The summed E-state index contributed by atoms with van der Waals surface area (Å²) in [7, 11) is 1.60. The molecule has 0 saturated heterocycles. The molecule has 0 unspecified atom stereocenters. The van der Waals surface area contributed by atoms with Crippen molar-refractivity contribution in [2.24, 2.45) is 0 Å². The van der Waals surface area contributed by atoms with Gasteiger partial charge in [0.2, 0.25) is 5.91 Å². The third-order valence-corrected chi connectivity index (χ3v) is 5.49. The topological polar surface area (TPSA) is 67.9 Å². The van der Waals surface area contributed by atoms with Gasteiger partial charge in [0, 0.05) is 12.6 Å². The average molecular weight is 411 g/mol. The number of benzene rings is 2. The summed E-state index contributed by atoms with van der Waals surface area (Å²) in [6, 6.07) is 16.4. The maximum absolute atomic E-state index is 13.0. The van der Waals surface area contributed by atoms with Gasteiger partial charge in [0.05, 0.1) is 7.11 Å². The minimum Gasteiger partial charge on any atom is -0.497 e. The Balaban J connectivity index is 1.66. The highest BCUT2D eigenvalue weighted by atomic mass is 16.5. The standard InChI is InChI=1S/C24H30N2O4/c1-18(24(28)25-20-10-6-7-11-20)26(16-19-8-4-3-5-9-19)23(27)17-30-22-14-12-21(29-2)13-15-22/h3-5,8-9,12-15,18,20H,6-7,10-11,16-17H2,1-2H3,(H,25,28)/t18-/m1/s1. The van der Waals surface area contributed by atoms with Crippen LogP contribution in [0.1, 0.15) is 38.2 Å². The molecule has 1 saturated carbocycles. The molecule has 2 amide bonds. The second-order valence-electron chi connectivity index (χ2n) is 7.64. The molecule has 0 aromatic heterocycles. The van der Waals surface area contributed by atoms with E-state index in [-0.39, 0.29) is 24.5 Å². The van der Waals surface area contributed by atoms with E-state index in [1.165, 1.54) is 0 Å². The predicted molar refractivity (Wildman–Crippen MR) is 115 cm³/mol. The smallest absolute Gasteiger partial charge is 0.261 e. The first-order valence-electron chi connectivity index (χ1n) is 10.5. The minimum absolute atomic E-state index is 0.115. The van der Waals surface area contributed by atoms with E-state index in [9.17, 15) is 9.59 Å². The van der Waals surface area contributed by atoms with Gasteiger partial charge >= 0.3 is 0 Å². The van der Waals surface area contributed by atoms with Crippen LogP contribution in [-0.2, 0) is 16.1 Å². The second kappa shape index (κ2) is 10.7. The molecule has 2 aromatic carbocycles. The van der Waals surface area contributed by atoms with Crippen LogP contribution in [0, 0.1) is 0 Å². The molecule has 160 valence electrons. The molecular weight excluding hydrogens is 380 g/mol. The lowest BCUT2D eigenvalue weighted by molar-refractivity contribution is -0.142. The van der Waals surface area contributed by atoms with E-state index in [0.29, 0.717) is 12.3 Å². The fourth-order valence-electron chi connectivity index (χ4n) is 3.65. The SMILES string of the molecule is COc1ccc(OCC(=O)N(Cc2ccccc2)[C@H](C)C(=O)NC2CCCC2)cc1. The van der Waals surface area contributed by atoms with Gasteiger partial charge in [-0.2, -0.15) is 0 Å². The summed E-state index contributed by atoms with van der Waals surface area (Å²) in [6.07, 6.45) is 4.29. The molecule has 6 nitrogen and oxygen atoms in total. The Morgan fingerprint density at radius 1 is 1.03 bits per heavy atom. The summed E-state index contributed by atoms with van der Waals surface area (Å²) in [5.74, 6) is 0.947. The van der Waals surface area contributed by atoms with E-state index in [0.717, 1.165) is 37.0 Å². The van der Waals surface area contributed by atoms with Gasteiger partial charge in [0.1, 0.15) is 17.5 Å². The Morgan fingerprint density at radius 2 is 1.67 bits per heavy atom. The number of carbonyl (C=O) groups is 2. The van der Waals surface area contributed by atoms with E-state index < -0.39 is 6.04 Å². The predicted octanol–water partition coefficient (Wildman–Crippen LogP) is 3.55. The van der Waals surface area contributed by atoms with Gasteiger partial charge in [0.25, 0.3) is 5.91 Å². The molecule has 6 heteroatoms. The van der Waals surface area contributed by atoms with E-state index in [1.54, 1.807) is 43.2 Å². The van der Waals surface area contributed by atoms with Crippen LogP contribution in [-0.4, -0.2) is 42.5 Å². The number of nitrogens with zero attached hydrogens (tertiary/aromatic N) is 1. The number of hydrogen-bond acceptors (Lipinski definition) is 4. The largest absolute Gasteiger partial charge is 0.497 e. The Morgan fingerprint density at radius 3 is 2.30 bits per heavy atom. The number of ether oxygens (including phenoxy) is 2. The maximum Gasteiger partial charge on any atom is 0.261 e. The van der Waals surface area contributed by atoms with Gasteiger partial charge in [-0.05, 0) is 49.6 Å². The Hall–Kier alpha value is -3.02. The van der Waals surface area contributed by atoms with Gasteiger partial charge in [0.15, 0.2) is 6.61 Å². The third-order valence-electron chi connectivity index (χ3n) is 5.49. The highest BCUT2D eigenvalue weighted by Crippen LogP contribution is 2.19. The molecular formula is C24H30N2O4. The Kier molecular flexibility index (Phi) is 7.71.